The average molecular weight is 385 g/mol. The first-order valence-electron chi connectivity index (χ1n) is 10.0. The van der Waals surface area contributed by atoms with Crippen LogP contribution in [0.15, 0.2) is 35.5 Å². The Bertz CT molecular complexity index is 747. The Labute approximate surface area is 164 Å². The Hall–Kier alpha value is -2.61. The van der Waals surface area contributed by atoms with E-state index in [1.165, 1.54) is 12.8 Å². The van der Waals surface area contributed by atoms with Crippen LogP contribution < -0.4 is 10.6 Å². The van der Waals surface area contributed by atoms with E-state index in [9.17, 15) is 9.59 Å². The first-order chi connectivity index (χ1) is 13.6. The zero-order chi connectivity index (χ0) is 19.4. The number of likely N-dealkylation sites (tertiary alicyclic amines) is 2. The minimum atomic E-state index is -0.574. The lowest BCUT2D eigenvalue weighted by Gasteiger charge is -2.22. The molecule has 3 amide bonds. The van der Waals surface area contributed by atoms with E-state index >= 15 is 0 Å². The summed E-state index contributed by atoms with van der Waals surface area (Å²) in [5.74, 6) is -0.164. The fraction of sp³-hybridized carbons (Fsp3) is 0.550. The fourth-order valence-electron chi connectivity index (χ4n) is 4.04. The summed E-state index contributed by atoms with van der Waals surface area (Å²) in [5, 5.41) is 9.86. The molecule has 0 saturated carbocycles. The van der Waals surface area contributed by atoms with Crippen molar-refractivity contribution in [3.63, 3.8) is 0 Å². The molecule has 0 unspecified atom stereocenters. The van der Waals surface area contributed by atoms with Gasteiger partial charge in [-0.25, -0.2) is 4.79 Å². The maximum Gasteiger partial charge on any atom is 0.321 e. The van der Waals surface area contributed by atoms with Crippen LogP contribution in [0.1, 0.15) is 25.7 Å². The first kappa shape index (κ1) is 18.7. The van der Waals surface area contributed by atoms with Gasteiger partial charge in [0.05, 0.1) is 6.54 Å². The molecule has 1 aromatic rings. The molecule has 1 spiro atoms. The van der Waals surface area contributed by atoms with Crippen molar-refractivity contribution in [3.8, 4) is 0 Å². The molecular weight excluding hydrogens is 358 g/mol. The van der Waals surface area contributed by atoms with Crippen LogP contribution in [-0.2, 0) is 9.63 Å². The number of hydrogen-bond acceptors (Lipinski definition) is 5. The van der Waals surface area contributed by atoms with Gasteiger partial charge in [0.1, 0.15) is 5.71 Å². The van der Waals surface area contributed by atoms with Gasteiger partial charge in [-0.05, 0) is 38.1 Å². The molecule has 1 aromatic carbocycles. The molecule has 4 rings (SSSR count). The fourth-order valence-corrected chi connectivity index (χ4v) is 4.04. The van der Waals surface area contributed by atoms with Gasteiger partial charge in [-0.1, -0.05) is 23.4 Å². The monoisotopic (exact) mass is 385 g/mol. The zero-order valence-corrected chi connectivity index (χ0v) is 16.0. The summed E-state index contributed by atoms with van der Waals surface area (Å²) in [4.78, 5) is 34.6. The summed E-state index contributed by atoms with van der Waals surface area (Å²) >= 11 is 0. The van der Waals surface area contributed by atoms with Gasteiger partial charge in [0, 0.05) is 38.2 Å². The second-order valence-corrected chi connectivity index (χ2v) is 7.76. The molecule has 3 aliphatic rings. The number of carbonyl (C=O) groups excluding carboxylic acids is 2. The molecule has 0 aromatic heterocycles. The third kappa shape index (κ3) is 4.27. The number of urea groups is 1. The lowest BCUT2D eigenvalue weighted by atomic mass is 9.96. The van der Waals surface area contributed by atoms with Gasteiger partial charge in [-0.15, -0.1) is 0 Å². The molecule has 8 nitrogen and oxygen atoms in total. The number of amides is 3. The minimum Gasteiger partial charge on any atom is -0.386 e. The summed E-state index contributed by atoms with van der Waals surface area (Å²) in [6, 6.07) is 9.21. The first-order valence-corrected chi connectivity index (χ1v) is 10.0. The summed E-state index contributed by atoms with van der Waals surface area (Å²) in [7, 11) is 0. The highest BCUT2D eigenvalue weighted by molar-refractivity contribution is 6.39. The topological polar surface area (TPSA) is 86.3 Å². The van der Waals surface area contributed by atoms with Crippen LogP contribution in [0, 0.1) is 0 Å². The Morgan fingerprint density at radius 1 is 1.14 bits per heavy atom. The van der Waals surface area contributed by atoms with Crippen LogP contribution in [0.2, 0.25) is 0 Å². The Balaban J connectivity index is 1.23. The van der Waals surface area contributed by atoms with Gasteiger partial charge in [0.25, 0.3) is 5.91 Å². The van der Waals surface area contributed by atoms with Crippen LogP contribution in [-0.4, -0.2) is 72.3 Å². The SMILES string of the molecule is O=C(NCCN1CCCC1)C1=NO[C@@]2(CCN(C(=O)Nc3ccccc3)C2)C1. The molecule has 150 valence electrons. The van der Waals surface area contributed by atoms with E-state index in [0.717, 1.165) is 25.3 Å². The van der Waals surface area contributed by atoms with E-state index in [4.69, 9.17) is 4.84 Å². The standard InChI is InChI=1S/C20H27N5O3/c26-18(21-9-13-24-10-4-5-11-24)17-14-20(28-23-17)8-12-25(15-20)19(27)22-16-6-2-1-3-7-16/h1-3,6-7H,4-5,8-15H2,(H,21,26)(H,22,27)/t20-/m0/s1. The lowest BCUT2D eigenvalue weighted by Crippen LogP contribution is -2.40. The molecule has 1 atom stereocenters. The maximum atomic E-state index is 12.5. The summed E-state index contributed by atoms with van der Waals surface area (Å²) in [6.45, 7) is 4.74. The van der Waals surface area contributed by atoms with Crippen molar-refractivity contribution >= 4 is 23.3 Å². The smallest absolute Gasteiger partial charge is 0.321 e. The van der Waals surface area contributed by atoms with Crippen LogP contribution in [0.4, 0.5) is 10.5 Å². The largest absolute Gasteiger partial charge is 0.386 e. The maximum absolute atomic E-state index is 12.5. The highest BCUT2D eigenvalue weighted by atomic mass is 16.7. The number of anilines is 1. The highest BCUT2D eigenvalue weighted by Gasteiger charge is 2.47. The second kappa shape index (κ2) is 8.18. The quantitative estimate of drug-likeness (QED) is 0.807. The van der Waals surface area contributed by atoms with E-state index in [2.05, 4.69) is 20.7 Å². The molecule has 0 radical (unpaired) electrons. The number of oxime groups is 1. The normalized spacial score (nSPS) is 24.3. The minimum absolute atomic E-state index is 0.157. The molecule has 8 heteroatoms. The third-order valence-electron chi connectivity index (χ3n) is 5.64. The number of nitrogens with zero attached hydrogens (tertiary/aromatic N) is 3. The van der Waals surface area contributed by atoms with E-state index in [0.29, 0.717) is 38.2 Å². The molecule has 0 bridgehead atoms. The van der Waals surface area contributed by atoms with Gasteiger partial charge in [0.2, 0.25) is 0 Å². The summed E-state index contributed by atoms with van der Waals surface area (Å²) < 4.78 is 0. The number of para-hydroxylation sites is 1. The van der Waals surface area contributed by atoms with Crippen molar-refractivity contribution in [1.29, 1.82) is 0 Å². The van der Waals surface area contributed by atoms with Crippen LogP contribution in [0.3, 0.4) is 0 Å². The molecule has 2 N–H and O–H groups in total. The molecule has 3 aliphatic heterocycles. The van der Waals surface area contributed by atoms with E-state index < -0.39 is 5.60 Å². The molecule has 2 saturated heterocycles. The lowest BCUT2D eigenvalue weighted by molar-refractivity contribution is -0.114. The number of rotatable bonds is 5. The third-order valence-corrected chi connectivity index (χ3v) is 5.64. The van der Waals surface area contributed by atoms with Crippen LogP contribution in [0.5, 0.6) is 0 Å². The Morgan fingerprint density at radius 3 is 2.71 bits per heavy atom. The molecule has 0 aliphatic carbocycles. The van der Waals surface area contributed by atoms with E-state index in [-0.39, 0.29) is 11.9 Å². The van der Waals surface area contributed by atoms with Gasteiger partial charge >= 0.3 is 6.03 Å². The summed E-state index contributed by atoms with van der Waals surface area (Å²) in [6.07, 6.45) is 3.59. The molecule has 2 fully saturated rings. The van der Waals surface area contributed by atoms with Gasteiger partial charge in [-0.2, -0.15) is 0 Å². The number of carbonyl (C=O) groups is 2. The Kier molecular flexibility index (Phi) is 5.47. The second-order valence-electron chi connectivity index (χ2n) is 7.76. The predicted molar refractivity (Wildman–Crippen MR) is 106 cm³/mol. The highest BCUT2D eigenvalue weighted by Crippen LogP contribution is 2.34. The van der Waals surface area contributed by atoms with Crippen molar-refractivity contribution in [2.24, 2.45) is 5.16 Å². The van der Waals surface area contributed by atoms with Gasteiger partial charge in [0.15, 0.2) is 5.60 Å². The molecule has 3 heterocycles. The van der Waals surface area contributed by atoms with Crippen molar-refractivity contribution in [1.82, 2.24) is 15.1 Å². The number of hydrogen-bond donors (Lipinski definition) is 2. The number of nitrogens with one attached hydrogen (secondary N) is 2. The van der Waals surface area contributed by atoms with Gasteiger partial charge in [-0.3, -0.25) is 4.79 Å². The van der Waals surface area contributed by atoms with Crippen molar-refractivity contribution in [2.45, 2.75) is 31.3 Å². The zero-order valence-electron chi connectivity index (χ0n) is 16.0. The Morgan fingerprint density at radius 2 is 1.93 bits per heavy atom. The van der Waals surface area contributed by atoms with Gasteiger partial charge < -0.3 is 25.3 Å². The molecular formula is C20H27N5O3. The van der Waals surface area contributed by atoms with Crippen LogP contribution in [0.25, 0.3) is 0 Å². The molecule has 28 heavy (non-hydrogen) atoms. The van der Waals surface area contributed by atoms with Crippen molar-refractivity contribution < 1.29 is 14.4 Å². The van der Waals surface area contributed by atoms with Crippen molar-refractivity contribution in [3.05, 3.63) is 30.3 Å². The van der Waals surface area contributed by atoms with E-state index in [1.54, 1.807) is 4.90 Å². The summed E-state index contributed by atoms with van der Waals surface area (Å²) in [5.41, 5.74) is 0.609. The van der Waals surface area contributed by atoms with Crippen molar-refractivity contribution in [2.75, 3.05) is 44.6 Å². The number of benzene rings is 1. The van der Waals surface area contributed by atoms with E-state index in [1.807, 2.05) is 30.3 Å². The average Bonchev–Trinajstić information content (AvgIpc) is 3.45. The predicted octanol–water partition coefficient (Wildman–Crippen LogP) is 1.65. The van der Waals surface area contributed by atoms with Crippen LogP contribution >= 0.6 is 0 Å².